The molecule has 1 saturated heterocycles. The number of benzene rings is 2. The number of carbonyl (C=O) groups excluding carboxylic acids is 4. The zero-order valence-electron chi connectivity index (χ0n) is 23.9. The van der Waals surface area contributed by atoms with E-state index in [1.807, 2.05) is 56.3 Å². The maximum Gasteiger partial charge on any atom is 0.272 e. The first-order chi connectivity index (χ1) is 20.2. The zero-order valence-corrected chi connectivity index (χ0v) is 23.9. The van der Waals surface area contributed by atoms with Crippen LogP contribution in [-0.4, -0.2) is 70.0 Å². The minimum atomic E-state index is -1.02. The van der Waals surface area contributed by atoms with Crippen LogP contribution in [0.3, 0.4) is 0 Å². The monoisotopic (exact) mass is 574 g/mol. The standard InChI is InChI=1S/C31H38N6O5/c1-19(2)14-25(29(40)35-23(18-38)15-22-10-11-34-28(22)39)36-30(41)26(37-31(42)27-17-32-12-13-33-27)16-21-8-5-7-20-6-3-4-9-24(20)21/h3-9,12-13,17,19,22-23,25-26,38H,10-11,14-16,18H2,1-2H3,(H,34,39)(H,35,40)(H,36,41)(H,37,42)/t22-,23-,25-,26?/m0/s1. The number of aliphatic hydroxyl groups is 1. The van der Waals surface area contributed by atoms with Gasteiger partial charge in [-0.25, -0.2) is 4.98 Å². The average Bonchev–Trinajstić information content (AvgIpc) is 3.40. The smallest absolute Gasteiger partial charge is 0.272 e. The van der Waals surface area contributed by atoms with E-state index < -0.39 is 35.8 Å². The Balaban J connectivity index is 1.54. The number of hydrogen-bond acceptors (Lipinski definition) is 7. The van der Waals surface area contributed by atoms with Crippen molar-refractivity contribution in [1.29, 1.82) is 0 Å². The van der Waals surface area contributed by atoms with Crippen LogP contribution < -0.4 is 21.3 Å². The van der Waals surface area contributed by atoms with Gasteiger partial charge in [-0.2, -0.15) is 0 Å². The number of aliphatic hydroxyl groups excluding tert-OH is 1. The molecule has 0 spiro atoms. The van der Waals surface area contributed by atoms with Gasteiger partial charge in [-0.05, 0) is 41.5 Å². The number of aromatic nitrogens is 2. The summed E-state index contributed by atoms with van der Waals surface area (Å²) in [5, 5.41) is 23.1. The van der Waals surface area contributed by atoms with Crippen molar-refractivity contribution in [2.75, 3.05) is 13.2 Å². The summed E-state index contributed by atoms with van der Waals surface area (Å²) in [6.45, 7) is 4.10. The van der Waals surface area contributed by atoms with Crippen molar-refractivity contribution < 1.29 is 24.3 Å². The Labute approximate surface area is 244 Å². The highest BCUT2D eigenvalue weighted by Gasteiger charge is 2.32. The van der Waals surface area contributed by atoms with E-state index in [2.05, 4.69) is 31.2 Å². The normalized spacial score (nSPS) is 16.9. The third-order valence-corrected chi connectivity index (χ3v) is 7.36. The summed E-state index contributed by atoms with van der Waals surface area (Å²) < 4.78 is 0. The number of hydrogen-bond donors (Lipinski definition) is 5. The Morgan fingerprint density at radius 3 is 2.45 bits per heavy atom. The number of amides is 4. The van der Waals surface area contributed by atoms with Crippen LogP contribution in [0.15, 0.2) is 61.1 Å². The van der Waals surface area contributed by atoms with Gasteiger partial charge in [0.2, 0.25) is 17.7 Å². The maximum atomic E-state index is 13.8. The van der Waals surface area contributed by atoms with Gasteiger partial charge in [0.15, 0.2) is 0 Å². The molecule has 0 bridgehead atoms. The van der Waals surface area contributed by atoms with Gasteiger partial charge in [-0.1, -0.05) is 56.3 Å². The second kappa shape index (κ2) is 14.5. The van der Waals surface area contributed by atoms with Crippen molar-refractivity contribution >= 4 is 34.4 Å². The maximum absolute atomic E-state index is 13.8. The van der Waals surface area contributed by atoms with Crippen LogP contribution in [0.4, 0.5) is 0 Å². The lowest BCUT2D eigenvalue weighted by molar-refractivity contribution is -0.131. The topological polar surface area (TPSA) is 162 Å². The van der Waals surface area contributed by atoms with Gasteiger partial charge in [0, 0.05) is 31.3 Å². The zero-order chi connectivity index (χ0) is 30.1. The summed E-state index contributed by atoms with van der Waals surface area (Å²) in [4.78, 5) is 60.2. The van der Waals surface area contributed by atoms with E-state index >= 15 is 0 Å². The van der Waals surface area contributed by atoms with Gasteiger partial charge in [0.25, 0.3) is 5.91 Å². The second-order valence-corrected chi connectivity index (χ2v) is 11.1. The van der Waals surface area contributed by atoms with E-state index in [1.54, 1.807) is 0 Å². The predicted octanol–water partition coefficient (Wildman–Crippen LogP) is 1.51. The molecule has 42 heavy (non-hydrogen) atoms. The first-order valence-electron chi connectivity index (χ1n) is 14.3. The lowest BCUT2D eigenvalue weighted by Crippen LogP contribution is -2.56. The number of carbonyl (C=O) groups is 4. The van der Waals surface area contributed by atoms with E-state index in [4.69, 9.17) is 0 Å². The number of fused-ring (bicyclic) bond motifs is 1. The molecule has 0 radical (unpaired) electrons. The predicted molar refractivity (Wildman–Crippen MR) is 157 cm³/mol. The summed E-state index contributed by atoms with van der Waals surface area (Å²) in [6.07, 6.45) is 5.60. The number of nitrogens with one attached hydrogen (secondary N) is 4. The van der Waals surface area contributed by atoms with Crippen molar-refractivity contribution in [3.63, 3.8) is 0 Å². The molecule has 11 nitrogen and oxygen atoms in total. The summed E-state index contributed by atoms with van der Waals surface area (Å²) in [5.74, 6) is -1.88. The Kier molecular flexibility index (Phi) is 10.6. The largest absolute Gasteiger partial charge is 0.394 e. The molecule has 2 heterocycles. The number of nitrogens with zero attached hydrogens (tertiary/aromatic N) is 2. The van der Waals surface area contributed by atoms with E-state index in [0.717, 1.165) is 16.3 Å². The number of rotatable bonds is 13. The van der Waals surface area contributed by atoms with Crippen molar-refractivity contribution in [3.05, 3.63) is 72.3 Å². The van der Waals surface area contributed by atoms with E-state index in [1.165, 1.54) is 18.6 Å². The van der Waals surface area contributed by atoms with Crippen molar-refractivity contribution in [1.82, 2.24) is 31.2 Å². The third kappa shape index (κ3) is 8.10. The molecule has 2 aromatic carbocycles. The van der Waals surface area contributed by atoms with Crippen LogP contribution in [-0.2, 0) is 20.8 Å². The van der Waals surface area contributed by atoms with E-state index in [-0.39, 0.29) is 36.5 Å². The van der Waals surface area contributed by atoms with Crippen LogP contribution in [0.25, 0.3) is 10.8 Å². The molecule has 4 amide bonds. The quantitative estimate of drug-likeness (QED) is 0.207. The molecule has 222 valence electrons. The summed E-state index contributed by atoms with van der Waals surface area (Å²) in [5.41, 5.74) is 0.916. The van der Waals surface area contributed by atoms with E-state index in [0.29, 0.717) is 25.8 Å². The highest BCUT2D eigenvalue weighted by molar-refractivity contribution is 5.97. The molecule has 1 fully saturated rings. The van der Waals surface area contributed by atoms with Gasteiger partial charge < -0.3 is 26.4 Å². The van der Waals surface area contributed by atoms with Crippen molar-refractivity contribution in [2.24, 2.45) is 11.8 Å². The highest BCUT2D eigenvalue weighted by atomic mass is 16.3. The molecule has 11 heteroatoms. The second-order valence-electron chi connectivity index (χ2n) is 11.1. The van der Waals surface area contributed by atoms with Gasteiger partial charge in [-0.15, -0.1) is 0 Å². The molecule has 1 aliphatic rings. The molecule has 0 saturated carbocycles. The molecule has 4 rings (SSSR count). The molecular formula is C31H38N6O5. The Morgan fingerprint density at radius 2 is 1.76 bits per heavy atom. The SMILES string of the molecule is CC(C)C[C@H](NC(=O)C(Cc1cccc2ccccc12)NC(=O)c1cnccn1)C(=O)N[C@H](CO)C[C@@H]1CCNC1=O. The molecule has 5 N–H and O–H groups in total. The van der Waals surface area contributed by atoms with Crippen molar-refractivity contribution in [2.45, 2.75) is 57.7 Å². The van der Waals surface area contributed by atoms with Gasteiger partial charge in [0.1, 0.15) is 17.8 Å². The molecular weight excluding hydrogens is 536 g/mol. The average molecular weight is 575 g/mol. The fraction of sp³-hybridized carbons (Fsp3) is 0.419. The van der Waals surface area contributed by atoms with Crippen LogP contribution in [0.1, 0.15) is 49.2 Å². The van der Waals surface area contributed by atoms with Crippen LogP contribution in [0.2, 0.25) is 0 Å². The molecule has 4 atom stereocenters. The highest BCUT2D eigenvalue weighted by Crippen LogP contribution is 2.21. The molecule has 1 aliphatic heterocycles. The first kappa shape index (κ1) is 30.6. The summed E-state index contributed by atoms with van der Waals surface area (Å²) in [7, 11) is 0. The third-order valence-electron chi connectivity index (χ3n) is 7.36. The van der Waals surface area contributed by atoms with Gasteiger partial charge >= 0.3 is 0 Å². The summed E-state index contributed by atoms with van der Waals surface area (Å²) >= 11 is 0. The van der Waals surface area contributed by atoms with E-state index in [9.17, 15) is 24.3 Å². The lowest BCUT2D eigenvalue weighted by Gasteiger charge is -2.27. The van der Waals surface area contributed by atoms with Gasteiger partial charge in [-0.3, -0.25) is 24.2 Å². The first-order valence-corrected chi connectivity index (χ1v) is 14.3. The fourth-order valence-electron chi connectivity index (χ4n) is 5.22. The Bertz CT molecular complexity index is 1390. The van der Waals surface area contributed by atoms with Crippen LogP contribution >= 0.6 is 0 Å². The summed E-state index contributed by atoms with van der Waals surface area (Å²) in [6, 6.07) is 11.0. The Morgan fingerprint density at radius 1 is 1.00 bits per heavy atom. The molecule has 1 aromatic heterocycles. The molecule has 1 unspecified atom stereocenters. The fourth-order valence-corrected chi connectivity index (χ4v) is 5.22. The minimum absolute atomic E-state index is 0.0555. The van der Waals surface area contributed by atoms with Crippen molar-refractivity contribution in [3.8, 4) is 0 Å². The molecule has 0 aliphatic carbocycles. The van der Waals surface area contributed by atoms with Gasteiger partial charge in [0.05, 0.1) is 18.8 Å². The lowest BCUT2D eigenvalue weighted by atomic mass is 9.96. The van der Waals surface area contributed by atoms with Crippen LogP contribution in [0.5, 0.6) is 0 Å². The van der Waals surface area contributed by atoms with Crippen LogP contribution in [0, 0.1) is 11.8 Å². The molecule has 3 aromatic rings. The minimum Gasteiger partial charge on any atom is -0.394 e. The Hall–Kier alpha value is -4.38.